The van der Waals surface area contributed by atoms with Crippen LogP contribution < -0.4 is 10.1 Å². The van der Waals surface area contributed by atoms with E-state index in [2.05, 4.69) is 10.3 Å². The van der Waals surface area contributed by atoms with Crippen LogP contribution in [0.1, 0.15) is 5.56 Å². The van der Waals surface area contributed by atoms with Gasteiger partial charge in [-0.1, -0.05) is 47.5 Å². The Kier molecular flexibility index (Phi) is 6.44. The molecule has 0 saturated heterocycles. The summed E-state index contributed by atoms with van der Waals surface area (Å²) in [4.78, 5) is 27.6. The zero-order valence-corrected chi connectivity index (χ0v) is 16.5. The fourth-order valence-corrected chi connectivity index (χ4v) is 3.36. The number of aromatic nitrogens is 1. The van der Waals surface area contributed by atoms with Crippen LogP contribution in [0.15, 0.2) is 48.7 Å². The number of fused-ring (bicyclic) bond motifs is 1. The highest BCUT2D eigenvalue weighted by Crippen LogP contribution is 2.32. The van der Waals surface area contributed by atoms with Gasteiger partial charge in [0.2, 0.25) is 0 Å². The minimum atomic E-state index is -0.859. The lowest BCUT2D eigenvalue weighted by molar-refractivity contribution is -0.145. The molecule has 0 aliphatic carbocycles. The van der Waals surface area contributed by atoms with Crippen LogP contribution in [0.4, 0.5) is 0 Å². The van der Waals surface area contributed by atoms with Gasteiger partial charge in [-0.25, -0.2) is 4.79 Å². The monoisotopic (exact) mass is 420 g/mol. The summed E-state index contributed by atoms with van der Waals surface area (Å²) >= 11 is 12.0. The minimum absolute atomic E-state index is 0.215. The average molecular weight is 421 g/mol. The summed E-state index contributed by atoms with van der Waals surface area (Å²) in [5, 5.41) is 4.21. The van der Waals surface area contributed by atoms with Crippen molar-refractivity contribution in [2.45, 2.75) is 12.5 Å². The quantitative estimate of drug-likeness (QED) is 0.570. The Hall–Kier alpha value is -2.70. The predicted molar refractivity (Wildman–Crippen MR) is 108 cm³/mol. The molecule has 0 unspecified atom stereocenters. The zero-order valence-electron chi connectivity index (χ0n) is 15.0. The molecule has 3 rings (SSSR count). The van der Waals surface area contributed by atoms with Gasteiger partial charge < -0.3 is 19.8 Å². The van der Waals surface area contributed by atoms with Crippen molar-refractivity contribution in [1.82, 2.24) is 10.3 Å². The number of hydrogen-bond acceptors (Lipinski definition) is 4. The summed E-state index contributed by atoms with van der Waals surface area (Å²) in [5.74, 6) is -0.826. The number of hydrogen-bond donors (Lipinski definition) is 2. The number of carbonyl (C=O) groups excluding carboxylic acids is 2. The first-order chi connectivity index (χ1) is 13.5. The number of esters is 1. The van der Waals surface area contributed by atoms with Crippen molar-refractivity contribution in [3.8, 4) is 5.75 Å². The fourth-order valence-electron chi connectivity index (χ4n) is 2.85. The van der Waals surface area contributed by atoms with Gasteiger partial charge in [0.05, 0.1) is 17.2 Å². The van der Waals surface area contributed by atoms with Gasteiger partial charge in [-0.15, -0.1) is 0 Å². The van der Waals surface area contributed by atoms with Crippen LogP contribution in [-0.4, -0.2) is 36.6 Å². The van der Waals surface area contributed by atoms with Gasteiger partial charge in [0, 0.05) is 23.5 Å². The maximum absolute atomic E-state index is 12.3. The zero-order chi connectivity index (χ0) is 20.1. The summed E-state index contributed by atoms with van der Waals surface area (Å²) in [6.07, 6.45) is 2.09. The maximum Gasteiger partial charge on any atom is 0.328 e. The second-order valence-corrected chi connectivity index (χ2v) is 6.86. The van der Waals surface area contributed by atoms with E-state index in [0.29, 0.717) is 10.0 Å². The maximum atomic E-state index is 12.3. The van der Waals surface area contributed by atoms with Gasteiger partial charge in [-0.3, -0.25) is 4.79 Å². The largest absolute Gasteiger partial charge is 0.481 e. The van der Waals surface area contributed by atoms with Crippen LogP contribution in [-0.2, 0) is 20.7 Å². The number of benzene rings is 2. The topological polar surface area (TPSA) is 80.4 Å². The second kappa shape index (κ2) is 8.99. The third kappa shape index (κ3) is 4.58. The molecule has 0 bridgehead atoms. The normalized spacial score (nSPS) is 11.8. The Morgan fingerprint density at radius 3 is 2.54 bits per heavy atom. The van der Waals surface area contributed by atoms with Gasteiger partial charge in [-0.05, 0) is 23.8 Å². The first-order valence-corrected chi connectivity index (χ1v) is 9.24. The lowest BCUT2D eigenvalue weighted by atomic mass is 10.0. The Morgan fingerprint density at radius 2 is 1.82 bits per heavy atom. The molecule has 0 radical (unpaired) electrons. The van der Waals surface area contributed by atoms with Crippen LogP contribution in [0, 0.1) is 0 Å². The number of para-hydroxylation sites is 2. The highest BCUT2D eigenvalue weighted by Gasteiger charge is 2.23. The third-order valence-corrected chi connectivity index (χ3v) is 4.78. The van der Waals surface area contributed by atoms with E-state index in [1.54, 1.807) is 18.2 Å². The molecule has 1 heterocycles. The van der Waals surface area contributed by atoms with Crippen molar-refractivity contribution in [2.24, 2.45) is 0 Å². The molecular formula is C20H18Cl2N2O4. The van der Waals surface area contributed by atoms with Gasteiger partial charge in [-0.2, -0.15) is 0 Å². The number of amides is 1. The molecule has 2 N–H and O–H groups in total. The molecule has 1 atom stereocenters. The number of H-pyrrole nitrogens is 1. The lowest BCUT2D eigenvalue weighted by Crippen LogP contribution is -2.44. The molecule has 1 aromatic heterocycles. The molecule has 0 fully saturated rings. The third-order valence-electron chi connectivity index (χ3n) is 4.19. The second-order valence-electron chi connectivity index (χ2n) is 6.05. The van der Waals surface area contributed by atoms with Crippen LogP contribution in [0.2, 0.25) is 10.0 Å². The van der Waals surface area contributed by atoms with Crippen LogP contribution >= 0.6 is 23.2 Å². The smallest absolute Gasteiger partial charge is 0.328 e. The number of aromatic amines is 1. The number of ether oxygens (including phenoxy) is 2. The van der Waals surface area contributed by atoms with E-state index in [0.717, 1.165) is 16.5 Å². The molecule has 146 valence electrons. The Balaban J connectivity index is 1.68. The predicted octanol–water partition coefficient (Wildman–Crippen LogP) is 3.75. The van der Waals surface area contributed by atoms with Gasteiger partial charge in [0.15, 0.2) is 12.4 Å². The van der Waals surface area contributed by atoms with Crippen LogP contribution in [0.5, 0.6) is 5.75 Å². The highest BCUT2D eigenvalue weighted by atomic mass is 35.5. The number of rotatable bonds is 7. The summed E-state index contributed by atoms with van der Waals surface area (Å²) in [6, 6.07) is 11.7. The molecule has 0 aliphatic heterocycles. The van der Waals surface area contributed by atoms with Crippen molar-refractivity contribution in [3.63, 3.8) is 0 Å². The van der Waals surface area contributed by atoms with Gasteiger partial charge in [0.25, 0.3) is 5.91 Å². The average Bonchev–Trinajstić information content (AvgIpc) is 3.09. The molecule has 8 heteroatoms. The van der Waals surface area contributed by atoms with Crippen molar-refractivity contribution >= 4 is 46.0 Å². The summed E-state index contributed by atoms with van der Waals surface area (Å²) in [6.45, 7) is -0.342. The summed E-state index contributed by atoms with van der Waals surface area (Å²) in [5.41, 5.74) is 1.84. The molecule has 6 nitrogen and oxygen atoms in total. The lowest BCUT2D eigenvalue weighted by Gasteiger charge is -2.17. The van der Waals surface area contributed by atoms with Crippen LogP contribution in [0.25, 0.3) is 10.9 Å². The van der Waals surface area contributed by atoms with E-state index in [9.17, 15) is 9.59 Å². The molecule has 0 aliphatic rings. The van der Waals surface area contributed by atoms with E-state index in [4.69, 9.17) is 32.7 Å². The van der Waals surface area contributed by atoms with Crippen molar-refractivity contribution in [1.29, 1.82) is 0 Å². The molecule has 0 saturated carbocycles. The molecular weight excluding hydrogens is 403 g/mol. The van der Waals surface area contributed by atoms with E-state index in [1.165, 1.54) is 7.11 Å². The number of halogens is 2. The van der Waals surface area contributed by atoms with Crippen LogP contribution in [0.3, 0.4) is 0 Å². The fraction of sp³-hybridized carbons (Fsp3) is 0.200. The van der Waals surface area contributed by atoms with Gasteiger partial charge in [0.1, 0.15) is 6.04 Å². The number of methoxy groups -OCH3 is 1. The first-order valence-electron chi connectivity index (χ1n) is 8.48. The van der Waals surface area contributed by atoms with E-state index in [1.807, 2.05) is 30.5 Å². The van der Waals surface area contributed by atoms with E-state index < -0.39 is 17.9 Å². The van der Waals surface area contributed by atoms with Crippen molar-refractivity contribution in [2.75, 3.05) is 13.7 Å². The first kappa shape index (κ1) is 20.0. The highest BCUT2D eigenvalue weighted by molar-refractivity contribution is 6.37. The Bertz CT molecular complexity index is 983. The summed E-state index contributed by atoms with van der Waals surface area (Å²) < 4.78 is 10.2. The SMILES string of the molecule is COC(=O)[C@H](Cc1c[nH]c2ccccc12)NC(=O)COc1c(Cl)cccc1Cl. The molecule has 0 spiro atoms. The molecule has 2 aromatic carbocycles. The Morgan fingerprint density at radius 1 is 1.11 bits per heavy atom. The van der Waals surface area contributed by atoms with E-state index >= 15 is 0 Å². The standard InChI is InChI=1S/C20H18Cl2N2O4/c1-27-20(26)17(9-12-10-23-16-8-3-2-5-13(12)16)24-18(25)11-28-19-14(21)6-4-7-15(19)22/h2-8,10,17,23H,9,11H2,1H3,(H,24,25)/t17-/m0/s1. The Labute approximate surface area is 171 Å². The summed E-state index contributed by atoms with van der Waals surface area (Å²) in [7, 11) is 1.27. The van der Waals surface area contributed by atoms with E-state index in [-0.39, 0.29) is 18.8 Å². The molecule has 28 heavy (non-hydrogen) atoms. The van der Waals surface area contributed by atoms with Gasteiger partial charge >= 0.3 is 5.97 Å². The number of carbonyl (C=O) groups is 2. The molecule has 3 aromatic rings. The number of nitrogens with one attached hydrogen (secondary N) is 2. The van der Waals surface area contributed by atoms with Crippen molar-refractivity contribution in [3.05, 3.63) is 64.3 Å². The molecule has 1 amide bonds. The van der Waals surface area contributed by atoms with Crippen molar-refractivity contribution < 1.29 is 19.1 Å². The minimum Gasteiger partial charge on any atom is -0.481 e.